The molecule has 0 bridgehead atoms. The molecule has 0 unspecified atom stereocenters. The maximum Gasteiger partial charge on any atom is 0.262 e. The van der Waals surface area contributed by atoms with Crippen molar-refractivity contribution >= 4 is 50.5 Å². The van der Waals surface area contributed by atoms with Crippen molar-refractivity contribution in [2.24, 2.45) is 0 Å². The highest BCUT2D eigenvalue weighted by molar-refractivity contribution is 7.92. The predicted molar refractivity (Wildman–Crippen MR) is 119 cm³/mol. The Labute approximate surface area is 189 Å². The molecule has 0 atom stereocenters. The fourth-order valence-electron chi connectivity index (χ4n) is 2.61. The van der Waals surface area contributed by atoms with E-state index in [1.165, 1.54) is 36.4 Å². The number of benzene rings is 3. The summed E-state index contributed by atoms with van der Waals surface area (Å²) in [6.45, 7) is 1.33. The topological polar surface area (TPSA) is 84.5 Å². The lowest BCUT2D eigenvalue weighted by molar-refractivity contribution is -0.118. The van der Waals surface area contributed by atoms with Gasteiger partial charge in [0.1, 0.15) is 11.6 Å². The van der Waals surface area contributed by atoms with E-state index in [1.807, 2.05) is 0 Å². The summed E-state index contributed by atoms with van der Waals surface area (Å²) in [5, 5.41) is 3.34. The van der Waals surface area contributed by atoms with Gasteiger partial charge in [-0.3, -0.25) is 9.52 Å². The molecule has 0 spiro atoms. The van der Waals surface area contributed by atoms with Gasteiger partial charge in [0.15, 0.2) is 6.61 Å². The molecule has 31 heavy (non-hydrogen) atoms. The molecule has 6 nitrogen and oxygen atoms in total. The lowest BCUT2D eigenvalue weighted by atomic mass is 10.2. The van der Waals surface area contributed by atoms with Crippen molar-refractivity contribution in [3.8, 4) is 5.75 Å². The van der Waals surface area contributed by atoms with Gasteiger partial charge in [-0.15, -0.1) is 0 Å². The first kappa shape index (κ1) is 22.9. The Morgan fingerprint density at radius 2 is 1.74 bits per heavy atom. The monoisotopic (exact) mass is 482 g/mol. The van der Waals surface area contributed by atoms with Gasteiger partial charge in [-0.05, 0) is 73.2 Å². The van der Waals surface area contributed by atoms with Crippen molar-refractivity contribution in [3.05, 3.63) is 82.1 Å². The summed E-state index contributed by atoms with van der Waals surface area (Å²) < 4.78 is 46.0. The van der Waals surface area contributed by atoms with E-state index >= 15 is 0 Å². The van der Waals surface area contributed by atoms with Gasteiger partial charge in [-0.1, -0.05) is 23.2 Å². The third kappa shape index (κ3) is 6.10. The fraction of sp³-hybridized carbons (Fsp3) is 0.0952. The summed E-state index contributed by atoms with van der Waals surface area (Å²) in [5.74, 6) is -0.590. The Morgan fingerprint density at radius 1 is 1.03 bits per heavy atom. The second kappa shape index (κ2) is 9.55. The highest BCUT2D eigenvalue weighted by atomic mass is 35.5. The minimum Gasteiger partial charge on any atom is -0.483 e. The van der Waals surface area contributed by atoms with Gasteiger partial charge in [0, 0.05) is 10.7 Å². The zero-order valence-electron chi connectivity index (χ0n) is 16.2. The lowest BCUT2D eigenvalue weighted by Crippen LogP contribution is -2.20. The highest BCUT2D eigenvalue weighted by Gasteiger charge is 2.16. The summed E-state index contributed by atoms with van der Waals surface area (Å²) >= 11 is 11.9. The Kier molecular flexibility index (Phi) is 7.04. The first-order valence-corrected chi connectivity index (χ1v) is 11.1. The average Bonchev–Trinajstić information content (AvgIpc) is 2.71. The van der Waals surface area contributed by atoms with E-state index in [9.17, 15) is 17.6 Å². The number of ether oxygens (including phenoxy) is 1. The van der Waals surface area contributed by atoms with Gasteiger partial charge in [0.2, 0.25) is 0 Å². The van der Waals surface area contributed by atoms with Gasteiger partial charge >= 0.3 is 0 Å². The van der Waals surface area contributed by atoms with Gasteiger partial charge in [0.05, 0.1) is 15.6 Å². The second-order valence-corrected chi connectivity index (χ2v) is 9.03. The molecule has 1 amide bonds. The molecule has 0 saturated carbocycles. The lowest BCUT2D eigenvalue weighted by Gasteiger charge is -2.13. The van der Waals surface area contributed by atoms with Crippen LogP contribution < -0.4 is 14.8 Å². The summed E-state index contributed by atoms with van der Waals surface area (Å²) in [5.41, 5.74) is 1.10. The zero-order chi connectivity index (χ0) is 22.6. The summed E-state index contributed by atoms with van der Waals surface area (Å²) in [4.78, 5) is 12.1. The quantitative estimate of drug-likeness (QED) is 0.480. The number of anilines is 2. The Balaban J connectivity index is 1.65. The van der Waals surface area contributed by atoms with Crippen LogP contribution in [0.5, 0.6) is 5.75 Å². The Bertz CT molecular complexity index is 1220. The first-order chi connectivity index (χ1) is 14.6. The van der Waals surface area contributed by atoms with Crippen molar-refractivity contribution < 1.29 is 22.3 Å². The van der Waals surface area contributed by atoms with Gasteiger partial charge in [0.25, 0.3) is 15.9 Å². The van der Waals surface area contributed by atoms with Crippen LogP contribution in [0, 0.1) is 12.7 Å². The SMILES string of the molecule is Cc1cc(S(=O)(=O)Nc2ccc(F)cc2)ccc1OCC(=O)Nc1cc(Cl)ccc1Cl. The number of rotatable bonds is 7. The largest absolute Gasteiger partial charge is 0.483 e. The number of hydrogen-bond acceptors (Lipinski definition) is 4. The number of carbonyl (C=O) groups is 1. The average molecular weight is 483 g/mol. The van der Waals surface area contributed by atoms with Crippen LogP contribution in [0.15, 0.2) is 65.6 Å². The molecule has 0 saturated heterocycles. The molecule has 0 aromatic heterocycles. The van der Waals surface area contributed by atoms with E-state index in [1.54, 1.807) is 19.1 Å². The molecule has 3 rings (SSSR count). The van der Waals surface area contributed by atoms with E-state index in [0.717, 1.165) is 12.1 Å². The number of hydrogen-bond donors (Lipinski definition) is 2. The van der Waals surface area contributed by atoms with E-state index < -0.39 is 21.7 Å². The third-order valence-corrected chi connectivity index (χ3v) is 6.06. The first-order valence-electron chi connectivity index (χ1n) is 8.91. The maximum absolute atomic E-state index is 13.0. The van der Waals surface area contributed by atoms with Crippen molar-refractivity contribution in [2.45, 2.75) is 11.8 Å². The summed E-state index contributed by atoms with van der Waals surface area (Å²) in [7, 11) is -3.88. The normalized spacial score (nSPS) is 11.1. The molecule has 0 heterocycles. The zero-order valence-corrected chi connectivity index (χ0v) is 18.5. The van der Waals surface area contributed by atoms with E-state index in [2.05, 4.69) is 10.0 Å². The number of halogens is 3. The van der Waals surface area contributed by atoms with Crippen molar-refractivity contribution in [1.29, 1.82) is 0 Å². The van der Waals surface area contributed by atoms with Crippen LogP contribution in [-0.4, -0.2) is 20.9 Å². The standard InChI is InChI=1S/C21H17Cl2FN2O4S/c1-13-10-17(31(28,29)26-16-5-3-15(24)4-6-16)7-9-20(13)30-12-21(27)25-19-11-14(22)2-8-18(19)23/h2-11,26H,12H2,1H3,(H,25,27). The minimum atomic E-state index is -3.88. The van der Waals surface area contributed by atoms with Crippen molar-refractivity contribution in [3.63, 3.8) is 0 Å². The van der Waals surface area contributed by atoms with Crippen LogP contribution >= 0.6 is 23.2 Å². The molecule has 2 N–H and O–H groups in total. The van der Waals surface area contributed by atoms with Crippen LogP contribution in [0.2, 0.25) is 10.0 Å². The number of nitrogens with one attached hydrogen (secondary N) is 2. The van der Waals surface area contributed by atoms with Crippen LogP contribution in [0.1, 0.15) is 5.56 Å². The summed E-state index contributed by atoms with van der Waals surface area (Å²) in [6, 6.07) is 13.8. The summed E-state index contributed by atoms with van der Waals surface area (Å²) in [6.07, 6.45) is 0. The van der Waals surface area contributed by atoms with Crippen LogP contribution in [0.25, 0.3) is 0 Å². The van der Waals surface area contributed by atoms with Crippen LogP contribution in [-0.2, 0) is 14.8 Å². The fourth-order valence-corrected chi connectivity index (χ4v) is 4.09. The predicted octanol–water partition coefficient (Wildman–Crippen LogP) is 5.26. The van der Waals surface area contributed by atoms with Crippen molar-refractivity contribution in [1.82, 2.24) is 0 Å². The van der Waals surface area contributed by atoms with E-state index in [0.29, 0.717) is 27.0 Å². The van der Waals surface area contributed by atoms with Crippen LogP contribution in [0.3, 0.4) is 0 Å². The molecule has 0 radical (unpaired) electrons. The Hall–Kier alpha value is -2.81. The second-order valence-electron chi connectivity index (χ2n) is 6.50. The smallest absolute Gasteiger partial charge is 0.262 e. The minimum absolute atomic E-state index is 0.00293. The Morgan fingerprint density at radius 3 is 2.42 bits per heavy atom. The number of amides is 1. The molecule has 0 aliphatic heterocycles. The molecule has 3 aromatic rings. The third-order valence-electron chi connectivity index (χ3n) is 4.11. The van der Waals surface area contributed by atoms with Gasteiger partial charge < -0.3 is 10.1 Å². The number of carbonyl (C=O) groups excluding carboxylic acids is 1. The number of aryl methyl sites for hydroxylation is 1. The van der Waals surface area contributed by atoms with Crippen LogP contribution in [0.4, 0.5) is 15.8 Å². The molecule has 0 fully saturated rings. The van der Waals surface area contributed by atoms with Gasteiger partial charge in [-0.25, -0.2) is 12.8 Å². The molecular weight excluding hydrogens is 466 g/mol. The molecule has 0 aliphatic rings. The maximum atomic E-state index is 13.0. The number of sulfonamides is 1. The van der Waals surface area contributed by atoms with Gasteiger partial charge in [-0.2, -0.15) is 0 Å². The van der Waals surface area contributed by atoms with E-state index in [4.69, 9.17) is 27.9 Å². The highest BCUT2D eigenvalue weighted by Crippen LogP contribution is 2.26. The molecule has 0 aliphatic carbocycles. The molecule has 10 heteroatoms. The molecule has 3 aromatic carbocycles. The molecular formula is C21H17Cl2FN2O4S. The molecule has 162 valence electrons. The van der Waals surface area contributed by atoms with Crippen molar-refractivity contribution in [2.75, 3.05) is 16.6 Å². The van der Waals surface area contributed by atoms with E-state index in [-0.39, 0.29) is 17.2 Å².